The van der Waals surface area contributed by atoms with Gasteiger partial charge in [-0.2, -0.15) is 4.98 Å². The number of hydrogen-bond donors (Lipinski definition) is 1. The SMILES string of the molecule is O=S(=O)(NCc1nc(-c2ccc3c(c2)nnn3C2CCCC2)no1)c1ccccc1. The summed E-state index contributed by atoms with van der Waals surface area (Å²) in [6.07, 6.45) is 4.72. The Balaban J connectivity index is 1.33. The molecule has 1 N–H and O–H groups in total. The van der Waals surface area contributed by atoms with Crippen LogP contribution >= 0.6 is 0 Å². The zero-order chi connectivity index (χ0) is 20.6. The Morgan fingerprint density at radius 3 is 2.70 bits per heavy atom. The molecule has 1 saturated carbocycles. The summed E-state index contributed by atoms with van der Waals surface area (Å²) in [7, 11) is -3.65. The van der Waals surface area contributed by atoms with Gasteiger partial charge in [-0.05, 0) is 43.2 Å². The second kappa shape index (κ2) is 7.62. The van der Waals surface area contributed by atoms with E-state index in [2.05, 4.69) is 25.2 Å². The summed E-state index contributed by atoms with van der Waals surface area (Å²) in [6.45, 7) is -0.0929. The van der Waals surface area contributed by atoms with Crippen LogP contribution in [0.3, 0.4) is 0 Å². The van der Waals surface area contributed by atoms with Gasteiger partial charge in [0.1, 0.15) is 5.52 Å². The Morgan fingerprint density at radius 2 is 1.90 bits per heavy atom. The van der Waals surface area contributed by atoms with Gasteiger partial charge in [0.2, 0.25) is 21.7 Å². The molecule has 2 aromatic heterocycles. The van der Waals surface area contributed by atoms with Gasteiger partial charge >= 0.3 is 0 Å². The second-order valence-corrected chi connectivity index (χ2v) is 9.09. The minimum absolute atomic E-state index is 0.0929. The van der Waals surface area contributed by atoms with Crippen molar-refractivity contribution in [2.45, 2.75) is 43.2 Å². The summed E-state index contributed by atoms with van der Waals surface area (Å²) < 4.78 is 34.3. The van der Waals surface area contributed by atoms with E-state index in [-0.39, 0.29) is 17.3 Å². The highest BCUT2D eigenvalue weighted by molar-refractivity contribution is 7.89. The molecule has 2 aromatic carbocycles. The molecule has 4 aromatic rings. The molecule has 0 aliphatic heterocycles. The molecule has 0 saturated heterocycles. The third kappa shape index (κ3) is 3.59. The molecule has 10 heteroatoms. The minimum atomic E-state index is -3.65. The van der Waals surface area contributed by atoms with Crippen molar-refractivity contribution in [3.63, 3.8) is 0 Å². The topological polar surface area (TPSA) is 116 Å². The van der Waals surface area contributed by atoms with Gasteiger partial charge in [-0.25, -0.2) is 17.8 Å². The zero-order valence-corrected chi connectivity index (χ0v) is 16.9. The van der Waals surface area contributed by atoms with Crippen molar-refractivity contribution in [1.29, 1.82) is 0 Å². The van der Waals surface area contributed by atoms with Crippen LogP contribution in [0.4, 0.5) is 0 Å². The van der Waals surface area contributed by atoms with E-state index in [1.807, 2.05) is 22.9 Å². The molecule has 0 atom stereocenters. The third-order valence-corrected chi connectivity index (χ3v) is 6.75. The number of aromatic nitrogens is 5. The first-order chi connectivity index (χ1) is 14.6. The van der Waals surface area contributed by atoms with Crippen molar-refractivity contribution in [3.8, 4) is 11.4 Å². The summed E-state index contributed by atoms with van der Waals surface area (Å²) in [5, 5.41) is 12.6. The summed E-state index contributed by atoms with van der Waals surface area (Å²) in [4.78, 5) is 4.49. The predicted molar refractivity (Wildman–Crippen MR) is 109 cm³/mol. The molecule has 0 spiro atoms. The molecule has 0 amide bonds. The summed E-state index contributed by atoms with van der Waals surface area (Å²) in [6, 6.07) is 14.3. The molecule has 1 aliphatic carbocycles. The number of sulfonamides is 1. The lowest BCUT2D eigenvalue weighted by atomic mass is 10.1. The van der Waals surface area contributed by atoms with Gasteiger partial charge in [-0.15, -0.1) is 5.10 Å². The quantitative estimate of drug-likeness (QED) is 0.506. The average Bonchev–Trinajstić information content (AvgIpc) is 3.52. The summed E-state index contributed by atoms with van der Waals surface area (Å²) in [5.41, 5.74) is 2.50. The zero-order valence-electron chi connectivity index (χ0n) is 16.1. The predicted octanol–water partition coefficient (Wildman–Crippen LogP) is 3.07. The van der Waals surface area contributed by atoms with E-state index in [4.69, 9.17) is 4.52 Å². The summed E-state index contributed by atoms with van der Waals surface area (Å²) in [5.74, 6) is 0.556. The molecule has 5 rings (SSSR count). The first-order valence-corrected chi connectivity index (χ1v) is 11.3. The molecule has 154 valence electrons. The maximum atomic E-state index is 12.3. The third-order valence-electron chi connectivity index (χ3n) is 5.33. The van der Waals surface area contributed by atoms with Crippen molar-refractivity contribution in [2.75, 3.05) is 0 Å². The van der Waals surface area contributed by atoms with E-state index in [1.165, 1.54) is 25.0 Å². The molecule has 1 fully saturated rings. The van der Waals surface area contributed by atoms with E-state index in [0.717, 1.165) is 29.4 Å². The van der Waals surface area contributed by atoms with Crippen LogP contribution in [0.15, 0.2) is 57.9 Å². The smallest absolute Gasteiger partial charge is 0.242 e. The standard InChI is InChI=1S/C20H20N6O3S/c27-30(28,16-8-2-1-3-9-16)21-13-19-22-20(24-29-19)14-10-11-18-17(12-14)23-25-26(18)15-6-4-5-7-15/h1-3,8-12,15,21H,4-7,13H2. The number of benzene rings is 2. The Kier molecular flexibility index (Phi) is 4.80. The largest absolute Gasteiger partial charge is 0.338 e. The normalized spacial score (nSPS) is 15.2. The fourth-order valence-electron chi connectivity index (χ4n) is 3.78. The van der Waals surface area contributed by atoms with Crippen LogP contribution in [-0.4, -0.2) is 33.6 Å². The lowest BCUT2D eigenvalue weighted by Crippen LogP contribution is -2.23. The van der Waals surface area contributed by atoms with Gasteiger partial charge in [0.05, 0.1) is 23.0 Å². The Labute approximate surface area is 173 Å². The Bertz CT molecular complexity index is 1280. The monoisotopic (exact) mass is 424 g/mol. The van der Waals surface area contributed by atoms with E-state index in [1.54, 1.807) is 18.2 Å². The number of rotatable bonds is 6. The van der Waals surface area contributed by atoms with Crippen molar-refractivity contribution in [3.05, 3.63) is 54.4 Å². The molecule has 30 heavy (non-hydrogen) atoms. The lowest BCUT2D eigenvalue weighted by Gasteiger charge is -2.09. The second-order valence-electron chi connectivity index (χ2n) is 7.33. The van der Waals surface area contributed by atoms with Crippen LogP contribution < -0.4 is 4.72 Å². The Morgan fingerprint density at radius 1 is 1.10 bits per heavy atom. The van der Waals surface area contributed by atoms with E-state index in [9.17, 15) is 8.42 Å². The lowest BCUT2D eigenvalue weighted by molar-refractivity contribution is 0.376. The maximum Gasteiger partial charge on any atom is 0.242 e. The van der Waals surface area contributed by atoms with Gasteiger partial charge in [-0.1, -0.05) is 41.4 Å². The number of nitrogens with one attached hydrogen (secondary N) is 1. The number of hydrogen-bond acceptors (Lipinski definition) is 7. The van der Waals surface area contributed by atoms with Crippen molar-refractivity contribution < 1.29 is 12.9 Å². The minimum Gasteiger partial charge on any atom is -0.338 e. The molecule has 0 unspecified atom stereocenters. The van der Waals surface area contributed by atoms with Crippen LogP contribution in [0.1, 0.15) is 37.6 Å². The van der Waals surface area contributed by atoms with Crippen molar-refractivity contribution in [1.82, 2.24) is 29.9 Å². The van der Waals surface area contributed by atoms with Gasteiger partial charge in [-0.3, -0.25) is 0 Å². The molecular weight excluding hydrogens is 404 g/mol. The highest BCUT2D eigenvalue weighted by Gasteiger charge is 2.21. The van der Waals surface area contributed by atoms with Gasteiger partial charge in [0.25, 0.3) is 0 Å². The first-order valence-electron chi connectivity index (χ1n) is 9.83. The van der Waals surface area contributed by atoms with Crippen LogP contribution in [0, 0.1) is 0 Å². The van der Waals surface area contributed by atoms with Gasteiger partial charge < -0.3 is 4.52 Å². The van der Waals surface area contributed by atoms with Gasteiger partial charge in [0.15, 0.2) is 0 Å². The average molecular weight is 424 g/mol. The number of nitrogens with zero attached hydrogens (tertiary/aromatic N) is 5. The van der Waals surface area contributed by atoms with Crippen LogP contribution in [0.5, 0.6) is 0 Å². The Hall–Kier alpha value is -3.11. The maximum absolute atomic E-state index is 12.3. The molecule has 0 radical (unpaired) electrons. The van der Waals surface area contributed by atoms with Crippen molar-refractivity contribution >= 4 is 21.1 Å². The highest BCUT2D eigenvalue weighted by atomic mass is 32.2. The van der Waals surface area contributed by atoms with Crippen LogP contribution in [0.25, 0.3) is 22.4 Å². The van der Waals surface area contributed by atoms with Gasteiger partial charge in [0, 0.05) is 5.56 Å². The fourth-order valence-corrected chi connectivity index (χ4v) is 4.78. The molecule has 1 aliphatic rings. The fraction of sp³-hybridized carbons (Fsp3) is 0.300. The summed E-state index contributed by atoms with van der Waals surface area (Å²) >= 11 is 0. The molecule has 9 nitrogen and oxygen atoms in total. The van der Waals surface area contributed by atoms with E-state index in [0.29, 0.717) is 11.9 Å². The molecule has 2 heterocycles. The highest BCUT2D eigenvalue weighted by Crippen LogP contribution is 2.31. The van der Waals surface area contributed by atoms with Crippen LogP contribution in [0.2, 0.25) is 0 Å². The van der Waals surface area contributed by atoms with Crippen LogP contribution in [-0.2, 0) is 16.6 Å². The number of fused-ring (bicyclic) bond motifs is 1. The van der Waals surface area contributed by atoms with E-state index < -0.39 is 10.0 Å². The van der Waals surface area contributed by atoms with Crippen molar-refractivity contribution in [2.24, 2.45) is 0 Å². The molecule has 0 bridgehead atoms. The first kappa shape index (κ1) is 18.9. The molecular formula is C20H20N6O3S. The van der Waals surface area contributed by atoms with E-state index >= 15 is 0 Å².